The molecule has 0 atom stereocenters. The van der Waals surface area contributed by atoms with Crippen LogP contribution < -0.4 is 10.1 Å². The summed E-state index contributed by atoms with van der Waals surface area (Å²) in [4.78, 5) is 0. The molecule has 2 nitrogen and oxygen atoms in total. The summed E-state index contributed by atoms with van der Waals surface area (Å²) in [7, 11) is 1.72. The average molecular weight is 204 g/mol. The van der Waals surface area contributed by atoms with Crippen LogP contribution in [0.4, 0.5) is 10.1 Å². The predicted octanol–water partition coefficient (Wildman–Crippen LogP) is 2.22. The lowest BCUT2D eigenvalue weighted by Crippen LogP contribution is -1.96. The zero-order chi connectivity index (χ0) is 8.55. The zero-order valence-corrected chi connectivity index (χ0v) is 8.08. The van der Waals surface area contributed by atoms with E-state index in [1.54, 1.807) is 13.1 Å². The Morgan fingerprint density at radius 1 is 1.46 bits per heavy atom. The molecule has 4 heteroatoms. The number of fused-ring (bicyclic) bond motifs is 1. The number of hydrogen-bond acceptors (Lipinski definition) is 2. The van der Waals surface area contributed by atoms with Gasteiger partial charge in [0.25, 0.3) is 0 Å². The minimum absolute atomic E-state index is 0. The third kappa shape index (κ3) is 1.56. The molecule has 1 N–H and O–H groups in total. The number of hydrogen-bond donors (Lipinski definition) is 1. The molecule has 0 aromatic heterocycles. The second-order valence-electron chi connectivity index (χ2n) is 2.75. The highest BCUT2D eigenvalue weighted by molar-refractivity contribution is 5.85. The first kappa shape index (κ1) is 10.1. The van der Waals surface area contributed by atoms with E-state index in [9.17, 15) is 4.39 Å². The Balaban J connectivity index is 0.000000845. The number of nitrogens with one attached hydrogen (secondary N) is 1. The fraction of sp³-hybridized carbons (Fsp3) is 0.333. The average Bonchev–Trinajstić information content (AvgIpc) is 2.52. The molecule has 72 valence electrons. The molecule has 0 unspecified atom stereocenters. The summed E-state index contributed by atoms with van der Waals surface area (Å²) in [6, 6.07) is 3.11. The van der Waals surface area contributed by atoms with Crippen molar-refractivity contribution >= 4 is 18.1 Å². The van der Waals surface area contributed by atoms with Crippen molar-refractivity contribution < 1.29 is 9.13 Å². The molecular formula is C9H11ClFNO. The molecular weight excluding hydrogens is 193 g/mol. The molecule has 1 aliphatic heterocycles. The normalized spacial score (nSPS) is 12.8. The standard InChI is InChI=1S/C9H10FNO.ClH/c1-11-9-6-4-5-12-8(6)3-2-7(9)10;/h2-3,11H,4-5H2,1H3;1H. The molecule has 0 aliphatic carbocycles. The summed E-state index contributed by atoms with van der Waals surface area (Å²) in [6.45, 7) is 0.660. The summed E-state index contributed by atoms with van der Waals surface area (Å²) in [5.41, 5.74) is 1.53. The quantitative estimate of drug-likeness (QED) is 0.756. The first-order chi connectivity index (χ1) is 5.83. The second kappa shape index (κ2) is 3.83. The Kier molecular flexibility index (Phi) is 2.98. The largest absolute Gasteiger partial charge is 0.493 e. The van der Waals surface area contributed by atoms with Crippen molar-refractivity contribution in [3.63, 3.8) is 0 Å². The van der Waals surface area contributed by atoms with Gasteiger partial charge in [-0.15, -0.1) is 12.4 Å². The van der Waals surface area contributed by atoms with Crippen molar-refractivity contribution in [1.82, 2.24) is 0 Å². The van der Waals surface area contributed by atoms with Gasteiger partial charge in [0, 0.05) is 19.0 Å². The highest BCUT2D eigenvalue weighted by Gasteiger charge is 2.18. The van der Waals surface area contributed by atoms with Crippen LogP contribution in [0.15, 0.2) is 12.1 Å². The minimum Gasteiger partial charge on any atom is -0.493 e. The summed E-state index contributed by atoms with van der Waals surface area (Å²) in [6.07, 6.45) is 0.795. The molecule has 0 amide bonds. The maximum absolute atomic E-state index is 13.1. The summed E-state index contributed by atoms with van der Waals surface area (Å²) in [5.74, 6) is 0.600. The molecule has 1 aromatic rings. The van der Waals surface area contributed by atoms with Gasteiger partial charge in [0.05, 0.1) is 12.3 Å². The fourth-order valence-corrected chi connectivity index (χ4v) is 1.52. The van der Waals surface area contributed by atoms with Crippen molar-refractivity contribution in [2.75, 3.05) is 19.0 Å². The van der Waals surface area contributed by atoms with Gasteiger partial charge in [-0.05, 0) is 12.1 Å². The molecule has 0 fully saturated rings. The van der Waals surface area contributed by atoms with E-state index in [-0.39, 0.29) is 18.2 Å². The van der Waals surface area contributed by atoms with Gasteiger partial charge >= 0.3 is 0 Å². The number of benzene rings is 1. The van der Waals surface area contributed by atoms with Gasteiger partial charge in [-0.1, -0.05) is 0 Å². The van der Waals surface area contributed by atoms with E-state index in [0.29, 0.717) is 12.3 Å². The van der Waals surface area contributed by atoms with Gasteiger partial charge in [-0.2, -0.15) is 0 Å². The van der Waals surface area contributed by atoms with Crippen molar-refractivity contribution in [2.45, 2.75) is 6.42 Å². The zero-order valence-electron chi connectivity index (χ0n) is 7.26. The number of rotatable bonds is 1. The Morgan fingerprint density at radius 3 is 2.92 bits per heavy atom. The van der Waals surface area contributed by atoms with E-state index in [1.165, 1.54) is 6.07 Å². The van der Waals surface area contributed by atoms with Gasteiger partial charge < -0.3 is 10.1 Å². The molecule has 0 bridgehead atoms. The van der Waals surface area contributed by atoms with E-state index < -0.39 is 0 Å². The van der Waals surface area contributed by atoms with Crippen LogP contribution in [0, 0.1) is 5.82 Å². The van der Waals surface area contributed by atoms with Gasteiger partial charge in [0.15, 0.2) is 0 Å². The first-order valence-corrected chi connectivity index (χ1v) is 3.95. The molecule has 1 aromatic carbocycles. The van der Waals surface area contributed by atoms with Crippen molar-refractivity contribution in [2.24, 2.45) is 0 Å². The molecule has 1 heterocycles. The Bertz CT molecular complexity index is 317. The lowest BCUT2D eigenvalue weighted by atomic mass is 10.1. The predicted molar refractivity (Wildman–Crippen MR) is 52.4 cm³/mol. The SMILES string of the molecule is CNc1c(F)ccc2c1CCO2.Cl. The molecule has 0 spiro atoms. The molecule has 1 aliphatic rings. The van der Waals surface area contributed by atoms with Gasteiger partial charge in [-0.25, -0.2) is 4.39 Å². The molecule has 0 saturated heterocycles. The Labute approximate surface area is 82.5 Å². The first-order valence-electron chi connectivity index (χ1n) is 3.95. The Morgan fingerprint density at radius 2 is 2.23 bits per heavy atom. The van der Waals surface area contributed by atoms with E-state index in [2.05, 4.69) is 5.32 Å². The maximum atomic E-state index is 13.1. The third-order valence-electron chi connectivity index (χ3n) is 2.08. The van der Waals surface area contributed by atoms with Crippen molar-refractivity contribution in [3.8, 4) is 5.75 Å². The van der Waals surface area contributed by atoms with E-state index in [1.807, 2.05) is 0 Å². The smallest absolute Gasteiger partial charge is 0.146 e. The van der Waals surface area contributed by atoms with Crippen LogP contribution in [0.3, 0.4) is 0 Å². The molecule has 2 rings (SSSR count). The number of anilines is 1. The van der Waals surface area contributed by atoms with Crippen molar-refractivity contribution in [3.05, 3.63) is 23.5 Å². The van der Waals surface area contributed by atoms with Crippen LogP contribution in [0.2, 0.25) is 0 Å². The topological polar surface area (TPSA) is 21.3 Å². The van der Waals surface area contributed by atoms with E-state index in [0.717, 1.165) is 17.7 Å². The lowest BCUT2D eigenvalue weighted by Gasteiger charge is -2.06. The summed E-state index contributed by atoms with van der Waals surface area (Å²) in [5, 5.41) is 2.84. The summed E-state index contributed by atoms with van der Waals surface area (Å²) < 4.78 is 18.4. The Hall–Kier alpha value is -0.960. The highest BCUT2D eigenvalue weighted by atomic mass is 35.5. The number of ether oxygens (including phenoxy) is 1. The van der Waals surface area contributed by atoms with Gasteiger partial charge in [0.2, 0.25) is 0 Å². The van der Waals surface area contributed by atoms with Crippen LogP contribution in [0.5, 0.6) is 5.75 Å². The lowest BCUT2D eigenvalue weighted by molar-refractivity contribution is 0.356. The molecule has 0 radical (unpaired) electrons. The molecule has 0 saturated carbocycles. The highest BCUT2D eigenvalue weighted by Crippen LogP contribution is 2.33. The van der Waals surface area contributed by atoms with Crippen LogP contribution in [-0.4, -0.2) is 13.7 Å². The third-order valence-corrected chi connectivity index (χ3v) is 2.08. The van der Waals surface area contributed by atoms with Crippen LogP contribution >= 0.6 is 12.4 Å². The molecule has 13 heavy (non-hydrogen) atoms. The van der Waals surface area contributed by atoms with E-state index in [4.69, 9.17) is 4.74 Å². The monoisotopic (exact) mass is 203 g/mol. The van der Waals surface area contributed by atoms with Crippen molar-refractivity contribution in [1.29, 1.82) is 0 Å². The van der Waals surface area contributed by atoms with Gasteiger partial charge in [-0.3, -0.25) is 0 Å². The second-order valence-corrected chi connectivity index (χ2v) is 2.75. The van der Waals surface area contributed by atoms with Gasteiger partial charge in [0.1, 0.15) is 11.6 Å². The maximum Gasteiger partial charge on any atom is 0.146 e. The van der Waals surface area contributed by atoms with Crippen LogP contribution in [0.1, 0.15) is 5.56 Å². The van der Waals surface area contributed by atoms with Crippen LogP contribution in [-0.2, 0) is 6.42 Å². The van der Waals surface area contributed by atoms with Crippen LogP contribution in [0.25, 0.3) is 0 Å². The van der Waals surface area contributed by atoms with E-state index >= 15 is 0 Å². The summed E-state index contributed by atoms with van der Waals surface area (Å²) >= 11 is 0. The minimum atomic E-state index is -0.207. The fourth-order valence-electron chi connectivity index (χ4n) is 1.52. The number of halogens is 2.